The van der Waals surface area contributed by atoms with Crippen LogP contribution >= 0.6 is 0 Å². The molecule has 0 aliphatic carbocycles. The number of carbonyl (C=O) groups is 3. The highest BCUT2D eigenvalue weighted by Crippen LogP contribution is 2.17. The van der Waals surface area contributed by atoms with E-state index in [1.165, 1.54) is 0 Å². The lowest BCUT2D eigenvalue weighted by molar-refractivity contribution is -0.129. The largest absolute Gasteiger partial charge is 0.395 e. The number of nitrogens with one attached hydrogen (secondary N) is 2. The Morgan fingerprint density at radius 1 is 0.812 bits per heavy atom. The fourth-order valence-electron chi connectivity index (χ4n) is 3.29. The van der Waals surface area contributed by atoms with Gasteiger partial charge in [0, 0.05) is 30.8 Å². The van der Waals surface area contributed by atoms with Crippen molar-refractivity contribution in [3.63, 3.8) is 0 Å². The predicted molar refractivity (Wildman–Crippen MR) is 122 cm³/mol. The zero-order valence-corrected chi connectivity index (χ0v) is 18.1. The third-order valence-electron chi connectivity index (χ3n) is 4.97. The number of aliphatic hydroxyl groups is 1. The summed E-state index contributed by atoms with van der Waals surface area (Å²) in [5, 5.41) is 20.6. The van der Waals surface area contributed by atoms with Gasteiger partial charge in [0.25, 0.3) is 0 Å². The number of hydroxylamine groups is 1. The number of hydrogen-bond donors (Lipinski definition) is 4. The Morgan fingerprint density at radius 3 is 2.03 bits per heavy atom. The zero-order valence-electron chi connectivity index (χ0n) is 18.1. The SMILES string of the molecule is O=C(CCCCCCC(=O)Nc1ccc(CC(=O)N(CCO)c2ccccc2)cc1)NO. The lowest BCUT2D eigenvalue weighted by Crippen LogP contribution is -2.34. The Balaban J connectivity index is 1.76. The lowest BCUT2D eigenvalue weighted by atomic mass is 10.1. The van der Waals surface area contributed by atoms with Crippen molar-refractivity contribution < 1.29 is 24.7 Å². The van der Waals surface area contributed by atoms with Crippen LogP contribution in [-0.4, -0.2) is 41.2 Å². The predicted octanol–water partition coefficient (Wildman–Crippen LogP) is 3.04. The first-order valence-electron chi connectivity index (χ1n) is 10.8. The third kappa shape index (κ3) is 8.87. The summed E-state index contributed by atoms with van der Waals surface area (Å²) in [7, 11) is 0. The van der Waals surface area contributed by atoms with Crippen molar-refractivity contribution in [2.24, 2.45) is 0 Å². The molecular weight excluding hydrogens is 410 g/mol. The number of para-hydroxylation sites is 1. The van der Waals surface area contributed by atoms with Crippen molar-refractivity contribution in [1.82, 2.24) is 5.48 Å². The molecule has 8 heteroatoms. The molecule has 0 radical (unpaired) electrons. The molecule has 0 aromatic heterocycles. The normalized spacial score (nSPS) is 10.4. The molecule has 3 amide bonds. The van der Waals surface area contributed by atoms with Crippen LogP contribution in [0, 0.1) is 0 Å². The van der Waals surface area contributed by atoms with Crippen molar-refractivity contribution in [1.29, 1.82) is 0 Å². The van der Waals surface area contributed by atoms with Crippen LogP contribution in [0.4, 0.5) is 11.4 Å². The molecule has 2 aromatic carbocycles. The average molecular weight is 442 g/mol. The first-order valence-corrected chi connectivity index (χ1v) is 10.8. The van der Waals surface area contributed by atoms with Gasteiger partial charge in [0.1, 0.15) is 0 Å². The van der Waals surface area contributed by atoms with Gasteiger partial charge in [0.2, 0.25) is 17.7 Å². The van der Waals surface area contributed by atoms with Gasteiger partial charge >= 0.3 is 0 Å². The van der Waals surface area contributed by atoms with E-state index in [0.717, 1.165) is 30.5 Å². The zero-order chi connectivity index (χ0) is 23.2. The van der Waals surface area contributed by atoms with E-state index in [1.54, 1.807) is 22.5 Å². The quantitative estimate of drug-likeness (QED) is 0.216. The minimum Gasteiger partial charge on any atom is -0.395 e. The molecule has 32 heavy (non-hydrogen) atoms. The van der Waals surface area contributed by atoms with Crippen LogP contribution in [0.5, 0.6) is 0 Å². The molecule has 0 aliphatic heterocycles. The van der Waals surface area contributed by atoms with Gasteiger partial charge in [-0.25, -0.2) is 5.48 Å². The maximum absolute atomic E-state index is 12.7. The fraction of sp³-hybridized carbons (Fsp3) is 0.375. The second-order valence-electron chi connectivity index (χ2n) is 7.48. The molecule has 8 nitrogen and oxygen atoms in total. The molecule has 4 N–H and O–H groups in total. The van der Waals surface area contributed by atoms with Crippen LogP contribution in [0.2, 0.25) is 0 Å². The molecule has 0 unspecified atom stereocenters. The number of carbonyl (C=O) groups excluding carboxylic acids is 3. The Morgan fingerprint density at radius 2 is 1.44 bits per heavy atom. The van der Waals surface area contributed by atoms with E-state index in [9.17, 15) is 19.5 Å². The number of amides is 3. The number of hydrogen-bond acceptors (Lipinski definition) is 5. The summed E-state index contributed by atoms with van der Waals surface area (Å²) in [6.07, 6.45) is 3.91. The maximum atomic E-state index is 12.7. The topological polar surface area (TPSA) is 119 Å². The van der Waals surface area contributed by atoms with Gasteiger partial charge in [-0.3, -0.25) is 19.6 Å². The molecule has 0 saturated heterocycles. The van der Waals surface area contributed by atoms with Crippen LogP contribution in [0.3, 0.4) is 0 Å². The van der Waals surface area contributed by atoms with Gasteiger partial charge in [0.15, 0.2) is 0 Å². The Hall–Kier alpha value is -3.23. The molecule has 0 fully saturated rings. The van der Waals surface area contributed by atoms with Crippen molar-refractivity contribution in [3.05, 3.63) is 60.2 Å². The standard InChI is InChI=1S/C24H31N3O5/c28-17-16-27(21-8-4-3-5-9-21)24(31)18-19-12-14-20(15-13-19)25-22(29)10-6-1-2-7-11-23(30)26-32/h3-5,8-9,12-15,28,32H,1-2,6-7,10-11,16-18H2,(H,25,29)(H,26,30). The van der Waals surface area contributed by atoms with E-state index in [4.69, 9.17) is 5.21 Å². The first-order chi connectivity index (χ1) is 15.5. The molecule has 0 atom stereocenters. The van der Waals surface area contributed by atoms with Crippen LogP contribution in [0.15, 0.2) is 54.6 Å². The molecule has 0 heterocycles. The van der Waals surface area contributed by atoms with Gasteiger partial charge in [-0.1, -0.05) is 43.2 Å². The monoisotopic (exact) mass is 441 g/mol. The first kappa shape index (κ1) is 25.0. The van der Waals surface area contributed by atoms with Gasteiger partial charge in [-0.05, 0) is 42.7 Å². The van der Waals surface area contributed by atoms with Gasteiger partial charge < -0.3 is 15.3 Å². The van der Waals surface area contributed by atoms with Gasteiger partial charge in [-0.15, -0.1) is 0 Å². The van der Waals surface area contributed by atoms with Crippen molar-refractivity contribution in [2.75, 3.05) is 23.4 Å². The van der Waals surface area contributed by atoms with E-state index in [1.807, 2.05) is 42.5 Å². The average Bonchev–Trinajstić information content (AvgIpc) is 2.81. The second-order valence-corrected chi connectivity index (χ2v) is 7.48. The van der Waals surface area contributed by atoms with Crippen molar-refractivity contribution in [3.8, 4) is 0 Å². The van der Waals surface area contributed by atoms with Crippen LogP contribution in [0.25, 0.3) is 0 Å². The third-order valence-corrected chi connectivity index (χ3v) is 4.97. The molecule has 0 aliphatic rings. The summed E-state index contributed by atoms with van der Waals surface area (Å²) >= 11 is 0. The number of unbranched alkanes of at least 4 members (excludes halogenated alkanes) is 3. The minimum atomic E-state index is -0.394. The molecular formula is C24H31N3O5. The summed E-state index contributed by atoms with van der Waals surface area (Å²) in [5.74, 6) is -0.590. The Labute approximate surface area is 188 Å². The summed E-state index contributed by atoms with van der Waals surface area (Å²) in [5.41, 5.74) is 3.83. The molecule has 2 aromatic rings. The van der Waals surface area contributed by atoms with E-state index in [-0.39, 0.29) is 37.8 Å². The summed E-state index contributed by atoms with van der Waals surface area (Å²) in [6.45, 7) is 0.106. The summed E-state index contributed by atoms with van der Waals surface area (Å²) < 4.78 is 0. The second kappa shape index (κ2) is 14.0. The number of rotatable bonds is 13. The van der Waals surface area contributed by atoms with Crippen molar-refractivity contribution >= 4 is 29.1 Å². The summed E-state index contributed by atoms with van der Waals surface area (Å²) in [4.78, 5) is 37.3. The highest BCUT2D eigenvalue weighted by Gasteiger charge is 2.15. The van der Waals surface area contributed by atoms with E-state index >= 15 is 0 Å². The van der Waals surface area contributed by atoms with E-state index < -0.39 is 5.91 Å². The maximum Gasteiger partial charge on any atom is 0.243 e. The Bertz CT molecular complexity index is 856. The number of benzene rings is 2. The van der Waals surface area contributed by atoms with Crippen LogP contribution in [0.1, 0.15) is 44.1 Å². The molecule has 0 saturated carbocycles. The summed E-state index contributed by atoms with van der Waals surface area (Å²) in [6, 6.07) is 16.4. The number of anilines is 2. The van der Waals surface area contributed by atoms with Gasteiger partial charge in [-0.2, -0.15) is 0 Å². The number of aliphatic hydroxyl groups excluding tert-OH is 1. The van der Waals surface area contributed by atoms with Crippen molar-refractivity contribution in [2.45, 2.75) is 44.9 Å². The molecule has 0 bridgehead atoms. The molecule has 172 valence electrons. The van der Waals surface area contributed by atoms with E-state index in [0.29, 0.717) is 18.5 Å². The highest BCUT2D eigenvalue weighted by atomic mass is 16.5. The molecule has 2 rings (SSSR count). The van der Waals surface area contributed by atoms with E-state index in [2.05, 4.69) is 5.32 Å². The molecule has 0 spiro atoms. The minimum absolute atomic E-state index is 0.0832. The Kier molecular flexibility index (Phi) is 10.9. The highest BCUT2D eigenvalue weighted by molar-refractivity contribution is 5.95. The number of nitrogens with zero attached hydrogens (tertiary/aromatic N) is 1. The fourth-order valence-corrected chi connectivity index (χ4v) is 3.29. The lowest BCUT2D eigenvalue weighted by Gasteiger charge is -2.22. The van der Waals surface area contributed by atoms with Gasteiger partial charge in [0.05, 0.1) is 13.0 Å². The van der Waals surface area contributed by atoms with Crippen LogP contribution < -0.4 is 15.7 Å². The smallest absolute Gasteiger partial charge is 0.243 e. The van der Waals surface area contributed by atoms with Crippen LogP contribution in [-0.2, 0) is 20.8 Å².